The van der Waals surface area contributed by atoms with Crippen molar-refractivity contribution in [2.45, 2.75) is 0 Å². The molecule has 0 aliphatic heterocycles. The van der Waals surface area contributed by atoms with Crippen LogP contribution in [0.4, 0.5) is 5.69 Å². The highest BCUT2D eigenvalue weighted by atomic mass is 79.9. The van der Waals surface area contributed by atoms with Crippen molar-refractivity contribution in [1.29, 1.82) is 0 Å². The molecular formula is C13H8BrNO4. The van der Waals surface area contributed by atoms with Crippen molar-refractivity contribution in [3.05, 3.63) is 68.7 Å². The molecule has 0 spiro atoms. The van der Waals surface area contributed by atoms with Crippen LogP contribution in [-0.4, -0.2) is 10.9 Å². The molecule has 0 aromatic heterocycles. The molecule has 0 fully saturated rings. The van der Waals surface area contributed by atoms with E-state index in [9.17, 15) is 14.9 Å². The Balaban J connectivity index is 2.17. The van der Waals surface area contributed by atoms with E-state index in [2.05, 4.69) is 15.9 Å². The molecule has 19 heavy (non-hydrogen) atoms. The summed E-state index contributed by atoms with van der Waals surface area (Å²) in [6.45, 7) is 0. The highest BCUT2D eigenvalue weighted by Gasteiger charge is 2.11. The van der Waals surface area contributed by atoms with Gasteiger partial charge in [0.25, 0.3) is 5.69 Å². The number of hydrogen-bond acceptors (Lipinski definition) is 4. The van der Waals surface area contributed by atoms with Crippen molar-refractivity contribution in [3.8, 4) is 5.75 Å². The summed E-state index contributed by atoms with van der Waals surface area (Å²) in [5, 5.41) is 10.6. The molecule has 2 rings (SSSR count). The van der Waals surface area contributed by atoms with Crippen LogP contribution in [0.5, 0.6) is 5.75 Å². The number of nitro groups is 1. The van der Waals surface area contributed by atoms with Crippen LogP contribution in [0.3, 0.4) is 0 Å². The van der Waals surface area contributed by atoms with Crippen LogP contribution < -0.4 is 4.74 Å². The molecule has 6 heteroatoms. The lowest BCUT2D eigenvalue weighted by atomic mass is 10.2. The van der Waals surface area contributed by atoms with Gasteiger partial charge < -0.3 is 4.74 Å². The molecule has 0 aliphatic carbocycles. The second-order valence-electron chi connectivity index (χ2n) is 3.65. The van der Waals surface area contributed by atoms with Gasteiger partial charge in [-0.05, 0) is 30.3 Å². The number of nitrogens with zero attached hydrogens (tertiary/aromatic N) is 1. The number of rotatable bonds is 3. The van der Waals surface area contributed by atoms with E-state index in [1.807, 2.05) is 0 Å². The summed E-state index contributed by atoms with van der Waals surface area (Å²) in [5.74, 6) is -0.421. The van der Waals surface area contributed by atoms with Crippen molar-refractivity contribution in [2.75, 3.05) is 0 Å². The number of nitro benzene ring substituents is 1. The summed E-state index contributed by atoms with van der Waals surface area (Å²) in [4.78, 5) is 21.9. The van der Waals surface area contributed by atoms with Crippen LogP contribution in [0, 0.1) is 10.1 Å². The smallest absolute Gasteiger partial charge is 0.343 e. The molecule has 5 nitrogen and oxygen atoms in total. The number of esters is 1. The molecule has 0 N–H and O–H groups in total. The van der Waals surface area contributed by atoms with Gasteiger partial charge in [0, 0.05) is 10.5 Å². The van der Waals surface area contributed by atoms with Crippen LogP contribution in [0.1, 0.15) is 10.4 Å². The standard InChI is InChI=1S/C13H8BrNO4/c14-10-6-4-9(5-7-10)13(16)19-12-3-1-2-11(8-12)15(17)18/h1-8H. The predicted octanol–water partition coefficient (Wildman–Crippen LogP) is 3.58. The van der Waals surface area contributed by atoms with Gasteiger partial charge in [0.05, 0.1) is 16.6 Å². The third kappa shape index (κ3) is 3.38. The average molecular weight is 322 g/mol. The normalized spacial score (nSPS) is 9.95. The lowest BCUT2D eigenvalue weighted by Gasteiger charge is -2.04. The summed E-state index contributed by atoms with van der Waals surface area (Å²) in [6.07, 6.45) is 0. The zero-order valence-corrected chi connectivity index (χ0v) is 11.2. The number of carbonyl (C=O) groups excluding carboxylic acids is 1. The Bertz CT molecular complexity index is 625. The van der Waals surface area contributed by atoms with Crippen LogP contribution in [0.2, 0.25) is 0 Å². The molecule has 96 valence electrons. The maximum atomic E-state index is 11.8. The van der Waals surface area contributed by atoms with E-state index in [0.29, 0.717) is 5.56 Å². The van der Waals surface area contributed by atoms with E-state index in [1.165, 1.54) is 24.3 Å². The Morgan fingerprint density at radius 2 is 1.84 bits per heavy atom. The van der Waals surface area contributed by atoms with E-state index >= 15 is 0 Å². The lowest BCUT2D eigenvalue weighted by molar-refractivity contribution is -0.384. The highest BCUT2D eigenvalue weighted by Crippen LogP contribution is 2.20. The fourth-order valence-corrected chi connectivity index (χ4v) is 1.68. The molecular weight excluding hydrogens is 314 g/mol. The predicted molar refractivity (Wildman–Crippen MR) is 72.2 cm³/mol. The molecule has 2 aromatic rings. The summed E-state index contributed by atoms with van der Waals surface area (Å²) in [6, 6.07) is 12.1. The van der Waals surface area contributed by atoms with Crippen molar-refractivity contribution >= 4 is 27.6 Å². The van der Waals surface area contributed by atoms with Crippen molar-refractivity contribution < 1.29 is 14.5 Å². The van der Waals surface area contributed by atoms with Gasteiger partial charge >= 0.3 is 5.97 Å². The Morgan fingerprint density at radius 3 is 2.47 bits per heavy atom. The van der Waals surface area contributed by atoms with Crippen molar-refractivity contribution in [1.82, 2.24) is 0 Å². The van der Waals surface area contributed by atoms with Gasteiger partial charge in [-0.25, -0.2) is 4.79 Å². The molecule has 0 aliphatic rings. The largest absolute Gasteiger partial charge is 0.423 e. The van der Waals surface area contributed by atoms with Crippen LogP contribution >= 0.6 is 15.9 Å². The number of carbonyl (C=O) groups is 1. The van der Waals surface area contributed by atoms with Crippen molar-refractivity contribution in [3.63, 3.8) is 0 Å². The van der Waals surface area contributed by atoms with E-state index < -0.39 is 10.9 Å². The summed E-state index contributed by atoms with van der Waals surface area (Å²) >= 11 is 3.26. The molecule has 0 heterocycles. The number of benzene rings is 2. The topological polar surface area (TPSA) is 69.4 Å². The van der Waals surface area contributed by atoms with E-state index in [0.717, 1.165) is 4.47 Å². The molecule has 0 unspecified atom stereocenters. The summed E-state index contributed by atoms with van der Waals surface area (Å²) in [7, 11) is 0. The lowest BCUT2D eigenvalue weighted by Crippen LogP contribution is -2.08. The summed E-state index contributed by atoms with van der Waals surface area (Å²) in [5.41, 5.74) is 0.246. The minimum Gasteiger partial charge on any atom is -0.423 e. The van der Waals surface area contributed by atoms with Gasteiger partial charge in [-0.2, -0.15) is 0 Å². The second-order valence-corrected chi connectivity index (χ2v) is 4.57. The van der Waals surface area contributed by atoms with E-state index in [1.54, 1.807) is 24.3 Å². The fraction of sp³-hybridized carbons (Fsp3) is 0. The van der Waals surface area contributed by atoms with Crippen LogP contribution in [0.25, 0.3) is 0 Å². The minimum atomic E-state index is -0.562. The minimum absolute atomic E-state index is 0.124. The number of hydrogen-bond donors (Lipinski definition) is 0. The Kier molecular flexibility index (Phi) is 3.91. The first kappa shape index (κ1) is 13.2. The third-order valence-electron chi connectivity index (χ3n) is 2.32. The van der Waals surface area contributed by atoms with E-state index in [-0.39, 0.29) is 11.4 Å². The molecule has 0 bridgehead atoms. The zero-order chi connectivity index (χ0) is 13.8. The molecule has 0 atom stereocenters. The van der Waals surface area contributed by atoms with Crippen LogP contribution in [0.15, 0.2) is 53.0 Å². The number of non-ortho nitro benzene ring substituents is 1. The zero-order valence-electron chi connectivity index (χ0n) is 9.58. The third-order valence-corrected chi connectivity index (χ3v) is 2.85. The first-order chi connectivity index (χ1) is 9.06. The van der Waals surface area contributed by atoms with Gasteiger partial charge in [0.2, 0.25) is 0 Å². The van der Waals surface area contributed by atoms with Gasteiger partial charge in [0.1, 0.15) is 5.75 Å². The van der Waals surface area contributed by atoms with Gasteiger partial charge in [0.15, 0.2) is 0 Å². The molecule has 0 amide bonds. The number of ether oxygens (including phenoxy) is 1. The Morgan fingerprint density at radius 1 is 1.16 bits per heavy atom. The van der Waals surface area contributed by atoms with E-state index in [4.69, 9.17) is 4.74 Å². The maximum absolute atomic E-state index is 11.8. The average Bonchev–Trinajstić information content (AvgIpc) is 2.39. The quantitative estimate of drug-likeness (QED) is 0.375. The second kappa shape index (κ2) is 5.62. The Hall–Kier alpha value is -2.21. The first-order valence-electron chi connectivity index (χ1n) is 5.28. The number of halogens is 1. The van der Waals surface area contributed by atoms with Crippen molar-refractivity contribution in [2.24, 2.45) is 0 Å². The summed E-state index contributed by atoms with van der Waals surface area (Å²) < 4.78 is 5.92. The SMILES string of the molecule is O=C(Oc1cccc([N+](=O)[O-])c1)c1ccc(Br)cc1. The highest BCUT2D eigenvalue weighted by molar-refractivity contribution is 9.10. The van der Waals surface area contributed by atoms with Gasteiger partial charge in [-0.3, -0.25) is 10.1 Å². The molecule has 0 saturated carbocycles. The molecule has 2 aromatic carbocycles. The monoisotopic (exact) mass is 321 g/mol. The van der Waals surface area contributed by atoms with Crippen LogP contribution in [-0.2, 0) is 0 Å². The molecule has 0 saturated heterocycles. The first-order valence-corrected chi connectivity index (χ1v) is 6.08. The van der Waals surface area contributed by atoms with Gasteiger partial charge in [-0.15, -0.1) is 0 Å². The van der Waals surface area contributed by atoms with Gasteiger partial charge in [-0.1, -0.05) is 22.0 Å². The Labute approximate surface area is 117 Å². The maximum Gasteiger partial charge on any atom is 0.343 e. The fourth-order valence-electron chi connectivity index (χ4n) is 1.41. The molecule has 0 radical (unpaired) electrons.